The summed E-state index contributed by atoms with van der Waals surface area (Å²) in [7, 11) is 1.30. The van der Waals surface area contributed by atoms with E-state index < -0.39 is 5.97 Å². The first-order chi connectivity index (χ1) is 9.54. The first kappa shape index (κ1) is 14.1. The van der Waals surface area contributed by atoms with E-state index in [1.165, 1.54) is 18.4 Å². The topological polar surface area (TPSA) is 81.4 Å². The molecule has 1 heterocycles. The van der Waals surface area contributed by atoms with E-state index in [2.05, 4.69) is 10.1 Å². The summed E-state index contributed by atoms with van der Waals surface area (Å²) in [6, 6.07) is 6.91. The molecule has 0 bridgehead atoms. The minimum Gasteiger partial charge on any atom is -0.465 e. The number of nitrogens with one attached hydrogen (secondary N) is 1. The van der Waals surface area contributed by atoms with E-state index >= 15 is 0 Å². The lowest BCUT2D eigenvalue weighted by molar-refractivity contribution is 0.0607. The van der Waals surface area contributed by atoms with Crippen LogP contribution in [0.2, 0.25) is 0 Å². The van der Waals surface area contributed by atoms with E-state index in [-0.39, 0.29) is 5.91 Å². The summed E-state index contributed by atoms with van der Waals surface area (Å²) in [4.78, 5) is 24.2. The van der Waals surface area contributed by atoms with Gasteiger partial charge >= 0.3 is 5.97 Å². The molecule has 0 aliphatic carbocycles. The molecule has 0 fully saturated rings. The molecule has 1 amide bonds. The van der Waals surface area contributed by atoms with Crippen LogP contribution in [0.4, 0.5) is 11.4 Å². The molecule has 0 aliphatic heterocycles. The minimum atomic E-state index is -0.479. The van der Waals surface area contributed by atoms with Crippen LogP contribution in [0.15, 0.2) is 29.6 Å². The van der Waals surface area contributed by atoms with Crippen LogP contribution in [0.1, 0.15) is 25.6 Å². The van der Waals surface area contributed by atoms with Crippen LogP contribution < -0.4 is 11.1 Å². The Bertz CT molecular complexity index is 644. The van der Waals surface area contributed by atoms with Crippen molar-refractivity contribution in [3.63, 3.8) is 0 Å². The van der Waals surface area contributed by atoms with Crippen LogP contribution in [0.3, 0.4) is 0 Å². The van der Waals surface area contributed by atoms with Gasteiger partial charge in [0.05, 0.1) is 18.4 Å². The fraction of sp³-hybridized carbons (Fsp3) is 0.143. The number of carbonyl (C=O) groups excluding carboxylic acids is 2. The van der Waals surface area contributed by atoms with Crippen LogP contribution in [-0.2, 0) is 4.74 Å². The molecular formula is C14H14N2O3S. The van der Waals surface area contributed by atoms with Crippen molar-refractivity contribution >= 4 is 34.6 Å². The number of nitrogens with two attached hydrogens (primary N) is 1. The van der Waals surface area contributed by atoms with E-state index in [4.69, 9.17) is 5.73 Å². The highest BCUT2D eigenvalue weighted by molar-refractivity contribution is 7.12. The second-order valence-corrected chi connectivity index (χ2v) is 5.06. The Labute approximate surface area is 120 Å². The lowest BCUT2D eigenvalue weighted by atomic mass is 10.1. The van der Waals surface area contributed by atoms with Crippen LogP contribution >= 0.6 is 11.3 Å². The zero-order chi connectivity index (χ0) is 14.7. The van der Waals surface area contributed by atoms with E-state index in [1.807, 2.05) is 0 Å². The number of aryl methyl sites for hydroxylation is 1. The summed E-state index contributed by atoms with van der Waals surface area (Å²) in [5.74, 6) is -0.822. The molecule has 3 N–H and O–H groups in total. The number of ether oxygens (including phenoxy) is 1. The van der Waals surface area contributed by atoms with Gasteiger partial charge in [0.2, 0.25) is 0 Å². The fourth-order valence-electron chi connectivity index (χ4n) is 1.84. The fourth-order valence-corrected chi connectivity index (χ4v) is 2.61. The summed E-state index contributed by atoms with van der Waals surface area (Å²) in [6.45, 7) is 1.81. The Morgan fingerprint density at radius 2 is 2.05 bits per heavy atom. The van der Waals surface area contributed by atoms with Crippen molar-refractivity contribution in [2.24, 2.45) is 0 Å². The van der Waals surface area contributed by atoms with Crippen molar-refractivity contribution in [1.82, 2.24) is 0 Å². The van der Waals surface area contributed by atoms with Gasteiger partial charge in [-0.25, -0.2) is 4.79 Å². The monoisotopic (exact) mass is 290 g/mol. The maximum absolute atomic E-state index is 12.3. The quantitative estimate of drug-likeness (QED) is 0.672. The Balaban J connectivity index is 2.29. The zero-order valence-corrected chi connectivity index (χ0v) is 11.9. The van der Waals surface area contributed by atoms with Gasteiger partial charge in [-0.15, -0.1) is 11.3 Å². The second-order valence-electron chi connectivity index (χ2n) is 4.15. The molecule has 0 unspecified atom stereocenters. The third kappa shape index (κ3) is 2.65. The van der Waals surface area contributed by atoms with Gasteiger partial charge in [0, 0.05) is 5.69 Å². The molecule has 5 nitrogen and oxygen atoms in total. The maximum atomic E-state index is 12.3. The molecule has 20 heavy (non-hydrogen) atoms. The van der Waals surface area contributed by atoms with Crippen molar-refractivity contribution < 1.29 is 14.3 Å². The minimum absolute atomic E-state index is 0.343. The summed E-state index contributed by atoms with van der Waals surface area (Å²) in [5, 5.41) is 4.41. The first-order valence-electron chi connectivity index (χ1n) is 5.87. The first-order valence-corrected chi connectivity index (χ1v) is 6.74. The highest BCUT2D eigenvalue weighted by Gasteiger charge is 2.18. The second kappa shape index (κ2) is 5.75. The van der Waals surface area contributed by atoms with Gasteiger partial charge < -0.3 is 15.8 Å². The van der Waals surface area contributed by atoms with Crippen molar-refractivity contribution in [2.45, 2.75) is 6.92 Å². The van der Waals surface area contributed by atoms with Crippen LogP contribution in [0.5, 0.6) is 0 Å². The third-order valence-corrected chi connectivity index (χ3v) is 3.71. The molecule has 2 rings (SSSR count). The molecule has 104 valence electrons. The zero-order valence-electron chi connectivity index (χ0n) is 11.1. The number of anilines is 2. The standard InChI is InChI=1S/C14H14N2O3S/c1-8-4-3-5-9(15)11(8)13(17)16-10-6-7-20-12(10)14(18)19-2/h3-7H,15H2,1-2H3,(H,16,17). The normalized spacial score (nSPS) is 10.1. The molecule has 0 radical (unpaired) electrons. The number of nitrogen functional groups attached to an aromatic ring is 1. The van der Waals surface area contributed by atoms with Gasteiger partial charge in [0.25, 0.3) is 5.91 Å². The molecule has 0 saturated carbocycles. The molecule has 0 spiro atoms. The van der Waals surface area contributed by atoms with Gasteiger partial charge in [0.15, 0.2) is 0 Å². The van der Waals surface area contributed by atoms with Crippen molar-refractivity contribution in [2.75, 3.05) is 18.2 Å². The van der Waals surface area contributed by atoms with Gasteiger partial charge in [-0.2, -0.15) is 0 Å². The van der Waals surface area contributed by atoms with Crippen molar-refractivity contribution in [1.29, 1.82) is 0 Å². The SMILES string of the molecule is COC(=O)c1sccc1NC(=O)c1c(C)cccc1N. The van der Waals surface area contributed by atoms with Crippen LogP contribution in [0, 0.1) is 6.92 Å². The molecular weight excluding hydrogens is 276 g/mol. The molecule has 1 aromatic carbocycles. The Hall–Kier alpha value is -2.34. The summed E-state index contributed by atoms with van der Waals surface area (Å²) in [5.41, 5.74) is 7.84. The van der Waals surface area contributed by atoms with E-state index in [1.54, 1.807) is 36.6 Å². The summed E-state index contributed by atoms with van der Waals surface area (Å²) < 4.78 is 4.67. The summed E-state index contributed by atoms with van der Waals surface area (Å²) >= 11 is 1.21. The Kier molecular flexibility index (Phi) is 4.05. The number of methoxy groups -OCH3 is 1. The summed E-state index contributed by atoms with van der Waals surface area (Å²) in [6.07, 6.45) is 0. The van der Waals surface area contributed by atoms with E-state index in [9.17, 15) is 9.59 Å². The largest absolute Gasteiger partial charge is 0.465 e. The Morgan fingerprint density at radius 1 is 1.30 bits per heavy atom. The van der Waals surface area contributed by atoms with Crippen LogP contribution in [0.25, 0.3) is 0 Å². The van der Waals surface area contributed by atoms with Crippen LogP contribution in [-0.4, -0.2) is 19.0 Å². The molecule has 0 aliphatic rings. The van der Waals surface area contributed by atoms with Crippen molar-refractivity contribution in [3.8, 4) is 0 Å². The number of hydrogen-bond donors (Lipinski definition) is 2. The maximum Gasteiger partial charge on any atom is 0.350 e. The number of carbonyl (C=O) groups is 2. The average molecular weight is 290 g/mol. The predicted molar refractivity (Wildman–Crippen MR) is 79.2 cm³/mol. The van der Waals surface area contributed by atoms with E-state index in [0.29, 0.717) is 21.8 Å². The molecule has 1 aromatic heterocycles. The Morgan fingerprint density at radius 3 is 2.70 bits per heavy atom. The molecule has 6 heteroatoms. The lowest BCUT2D eigenvalue weighted by Gasteiger charge is -2.10. The molecule has 0 saturated heterocycles. The number of rotatable bonds is 3. The average Bonchev–Trinajstić information content (AvgIpc) is 2.85. The third-order valence-electron chi connectivity index (χ3n) is 2.82. The highest BCUT2D eigenvalue weighted by atomic mass is 32.1. The van der Waals surface area contributed by atoms with Gasteiger partial charge in [-0.05, 0) is 30.0 Å². The van der Waals surface area contributed by atoms with Crippen molar-refractivity contribution in [3.05, 3.63) is 45.6 Å². The molecule has 0 atom stereocenters. The van der Waals surface area contributed by atoms with Gasteiger partial charge in [-0.1, -0.05) is 12.1 Å². The molecule has 2 aromatic rings. The highest BCUT2D eigenvalue weighted by Crippen LogP contribution is 2.25. The number of hydrogen-bond acceptors (Lipinski definition) is 5. The number of amides is 1. The van der Waals surface area contributed by atoms with Gasteiger partial charge in [-0.3, -0.25) is 4.79 Å². The smallest absolute Gasteiger partial charge is 0.350 e. The van der Waals surface area contributed by atoms with E-state index in [0.717, 1.165) is 5.56 Å². The lowest BCUT2D eigenvalue weighted by Crippen LogP contribution is -2.16. The number of benzene rings is 1. The predicted octanol–water partition coefficient (Wildman–Crippen LogP) is 2.68. The number of esters is 1. The van der Waals surface area contributed by atoms with Gasteiger partial charge in [0.1, 0.15) is 4.88 Å². The number of thiophene rings is 1.